The Morgan fingerprint density at radius 1 is 1.25 bits per heavy atom. The first kappa shape index (κ1) is 17.3. The molecule has 5 heteroatoms. The van der Waals surface area contributed by atoms with Gasteiger partial charge in [-0.3, -0.25) is 4.79 Å². The number of amides is 1. The second kappa shape index (κ2) is 7.30. The highest BCUT2D eigenvalue weighted by molar-refractivity contribution is 6.39. The van der Waals surface area contributed by atoms with Crippen LogP contribution in [0.4, 0.5) is 5.69 Å². The summed E-state index contributed by atoms with van der Waals surface area (Å²) in [7, 11) is 0. The Hall–Kier alpha value is -0.770. The highest BCUT2D eigenvalue weighted by atomic mass is 35.5. The molecular weight excluding hydrogens is 295 g/mol. The molecule has 0 spiro atoms. The van der Waals surface area contributed by atoms with Crippen molar-refractivity contribution in [2.24, 2.45) is 11.3 Å². The van der Waals surface area contributed by atoms with Crippen LogP contribution in [-0.2, 0) is 4.79 Å². The van der Waals surface area contributed by atoms with Crippen LogP contribution in [0.2, 0.25) is 10.0 Å². The van der Waals surface area contributed by atoms with Gasteiger partial charge < -0.3 is 10.6 Å². The van der Waals surface area contributed by atoms with Crippen molar-refractivity contribution < 1.29 is 4.79 Å². The zero-order valence-electron chi connectivity index (χ0n) is 12.4. The molecule has 3 nitrogen and oxygen atoms in total. The van der Waals surface area contributed by atoms with Crippen LogP contribution in [0, 0.1) is 11.3 Å². The van der Waals surface area contributed by atoms with Crippen LogP contribution in [0.15, 0.2) is 18.2 Å². The normalized spacial score (nSPS) is 13.1. The van der Waals surface area contributed by atoms with Gasteiger partial charge in [-0.25, -0.2) is 0 Å². The van der Waals surface area contributed by atoms with Gasteiger partial charge in [-0.1, -0.05) is 57.0 Å². The van der Waals surface area contributed by atoms with E-state index in [0.29, 0.717) is 21.7 Å². The molecule has 1 aromatic carbocycles. The number of rotatable bonds is 5. The van der Waals surface area contributed by atoms with Crippen molar-refractivity contribution in [3.8, 4) is 0 Å². The Bertz CT molecular complexity index is 449. The van der Waals surface area contributed by atoms with E-state index in [0.717, 1.165) is 6.54 Å². The van der Waals surface area contributed by atoms with Gasteiger partial charge in [0.05, 0.1) is 22.3 Å². The molecule has 0 aliphatic rings. The fourth-order valence-corrected chi connectivity index (χ4v) is 2.00. The molecule has 1 unspecified atom stereocenters. The Morgan fingerprint density at radius 3 is 2.30 bits per heavy atom. The summed E-state index contributed by atoms with van der Waals surface area (Å²) in [4.78, 5) is 11.9. The highest BCUT2D eigenvalue weighted by Crippen LogP contribution is 2.29. The van der Waals surface area contributed by atoms with E-state index in [4.69, 9.17) is 23.2 Å². The molecule has 0 saturated carbocycles. The van der Waals surface area contributed by atoms with Crippen molar-refractivity contribution in [2.75, 3.05) is 18.4 Å². The lowest BCUT2D eigenvalue weighted by molar-refractivity contribution is -0.115. The first-order valence-electron chi connectivity index (χ1n) is 6.66. The SMILES string of the molecule is CC(CNCC(=O)Nc1c(Cl)cccc1Cl)C(C)(C)C. The maximum Gasteiger partial charge on any atom is 0.238 e. The van der Waals surface area contributed by atoms with Crippen LogP contribution in [-0.4, -0.2) is 19.0 Å². The minimum absolute atomic E-state index is 0.152. The first-order chi connectivity index (χ1) is 9.21. The summed E-state index contributed by atoms with van der Waals surface area (Å²) in [6, 6.07) is 5.12. The zero-order valence-corrected chi connectivity index (χ0v) is 13.9. The predicted molar refractivity (Wildman–Crippen MR) is 86.6 cm³/mol. The molecule has 1 amide bonds. The summed E-state index contributed by atoms with van der Waals surface area (Å²) < 4.78 is 0. The van der Waals surface area contributed by atoms with E-state index in [1.54, 1.807) is 18.2 Å². The standard InChI is InChI=1S/C15H22Cl2N2O/c1-10(15(2,3)4)8-18-9-13(20)19-14-11(16)6-5-7-12(14)17/h5-7,10,18H,8-9H2,1-4H3,(H,19,20). The quantitative estimate of drug-likeness (QED) is 0.854. The minimum Gasteiger partial charge on any atom is -0.322 e. The lowest BCUT2D eigenvalue weighted by Gasteiger charge is -2.27. The van der Waals surface area contributed by atoms with Crippen LogP contribution in [0.25, 0.3) is 0 Å². The van der Waals surface area contributed by atoms with Crippen LogP contribution in [0.1, 0.15) is 27.7 Å². The van der Waals surface area contributed by atoms with Gasteiger partial charge in [-0.05, 0) is 30.0 Å². The van der Waals surface area contributed by atoms with Crippen LogP contribution in [0.5, 0.6) is 0 Å². The van der Waals surface area contributed by atoms with E-state index in [9.17, 15) is 4.79 Å². The maximum atomic E-state index is 11.9. The predicted octanol–water partition coefficient (Wildman–Crippen LogP) is 4.20. The van der Waals surface area contributed by atoms with Gasteiger partial charge in [0, 0.05) is 0 Å². The van der Waals surface area contributed by atoms with Gasteiger partial charge in [0.1, 0.15) is 0 Å². The van der Waals surface area contributed by atoms with E-state index in [-0.39, 0.29) is 17.9 Å². The second-order valence-electron chi connectivity index (χ2n) is 6.04. The number of nitrogens with one attached hydrogen (secondary N) is 2. The third kappa shape index (κ3) is 5.31. The number of hydrogen-bond donors (Lipinski definition) is 2. The Labute approximate surface area is 131 Å². The summed E-state index contributed by atoms with van der Waals surface area (Å²) in [5.74, 6) is 0.320. The van der Waals surface area contributed by atoms with Gasteiger partial charge in [-0.2, -0.15) is 0 Å². The molecule has 20 heavy (non-hydrogen) atoms. The summed E-state index contributed by atoms with van der Waals surface area (Å²) in [6.07, 6.45) is 0. The Morgan fingerprint density at radius 2 is 1.80 bits per heavy atom. The van der Waals surface area contributed by atoms with E-state index >= 15 is 0 Å². The summed E-state index contributed by atoms with van der Waals surface area (Å²) in [5.41, 5.74) is 0.682. The number of anilines is 1. The van der Waals surface area contributed by atoms with Crippen molar-refractivity contribution in [1.82, 2.24) is 5.32 Å². The lowest BCUT2D eigenvalue weighted by atomic mass is 9.82. The van der Waals surface area contributed by atoms with Crippen LogP contribution >= 0.6 is 23.2 Å². The molecule has 0 bridgehead atoms. The molecule has 0 aliphatic heterocycles. The Kier molecular flexibility index (Phi) is 6.31. The molecule has 0 heterocycles. The molecule has 0 aliphatic carbocycles. The monoisotopic (exact) mass is 316 g/mol. The largest absolute Gasteiger partial charge is 0.322 e. The smallest absolute Gasteiger partial charge is 0.238 e. The third-order valence-corrected chi connectivity index (χ3v) is 4.07. The molecule has 0 fully saturated rings. The fraction of sp³-hybridized carbons (Fsp3) is 0.533. The van der Waals surface area contributed by atoms with Crippen molar-refractivity contribution in [2.45, 2.75) is 27.7 Å². The molecule has 1 aromatic rings. The summed E-state index contributed by atoms with van der Waals surface area (Å²) in [5, 5.41) is 6.76. The minimum atomic E-state index is -0.152. The fourth-order valence-electron chi connectivity index (χ4n) is 1.51. The summed E-state index contributed by atoms with van der Waals surface area (Å²) in [6.45, 7) is 9.74. The van der Waals surface area contributed by atoms with E-state index in [1.165, 1.54) is 0 Å². The van der Waals surface area contributed by atoms with Crippen molar-refractivity contribution in [3.05, 3.63) is 28.2 Å². The first-order valence-corrected chi connectivity index (χ1v) is 7.42. The number of hydrogen-bond acceptors (Lipinski definition) is 2. The van der Waals surface area contributed by atoms with Crippen molar-refractivity contribution >= 4 is 34.8 Å². The number of carbonyl (C=O) groups is 1. The van der Waals surface area contributed by atoms with Crippen molar-refractivity contribution in [3.63, 3.8) is 0 Å². The molecule has 0 saturated heterocycles. The van der Waals surface area contributed by atoms with Crippen LogP contribution < -0.4 is 10.6 Å². The molecular formula is C15H22Cl2N2O. The molecule has 1 atom stereocenters. The van der Waals surface area contributed by atoms with Gasteiger partial charge in [0.15, 0.2) is 0 Å². The lowest BCUT2D eigenvalue weighted by Crippen LogP contribution is -2.35. The van der Waals surface area contributed by atoms with Crippen LogP contribution in [0.3, 0.4) is 0 Å². The zero-order chi connectivity index (χ0) is 15.3. The van der Waals surface area contributed by atoms with E-state index < -0.39 is 0 Å². The molecule has 0 aromatic heterocycles. The summed E-state index contributed by atoms with van der Waals surface area (Å²) >= 11 is 12.0. The van der Waals surface area contributed by atoms with E-state index in [1.807, 2.05) is 0 Å². The third-order valence-electron chi connectivity index (χ3n) is 3.44. The Balaban J connectivity index is 2.45. The molecule has 2 N–H and O–H groups in total. The average molecular weight is 317 g/mol. The number of benzene rings is 1. The van der Waals surface area contributed by atoms with Gasteiger partial charge in [0.2, 0.25) is 5.91 Å². The van der Waals surface area contributed by atoms with E-state index in [2.05, 4.69) is 38.3 Å². The molecule has 0 radical (unpaired) electrons. The maximum absolute atomic E-state index is 11.9. The highest BCUT2D eigenvalue weighted by Gasteiger charge is 2.19. The van der Waals surface area contributed by atoms with Gasteiger partial charge in [-0.15, -0.1) is 0 Å². The number of carbonyl (C=O) groups excluding carboxylic acids is 1. The second-order valence-corrected chi connectivity index (χ2v) is 6.86. The van der Waals surface area contributed by atoms with Gasteiger partial charge in [0.25, 0.3) is 0 Å². The average Bonchev–Trinajstić information content (AvgIpc) is 2.32. The van der Waals surface area contributed by atoms with Crippen molar-refractivity contribution in [1.29, 1.82) is 0 Å². The molecule has 1 rings (SSSR count). The number of halogens is 2. The molecule has 112 valence electrons. The van der Waals surface area contributed by atoms with Gasteiger partial charge >= 0.3 is 0 Å². The number of para-hydroxylation sites is 1. The topological polar surface area (TPSA) is 41.1 Å².